The van der Waals surface area contributed by atoms with E-state index in [9.17, 15) is 0 Å². The van der Waals surface area contributed by atoms with Crippen LogP contribution in [0.2, 0.25) is 0 Å². The quantitative estimate of drug-likeness (QED) is 0.273. The van der Waals surface area contributed by atoms with Crippen LogP contribution in [0.15, 0.2) is 53.7 Å². The summed E-state index contributed by atoms with van der Waals surface area (Å²) in [5.74, 6) is 2.41. The van der Waals surface area contributed by atoms with Crippen LogP contribution in [-0.4, -0.2) is 40.4 Å². The Morgan fingerprint density at radius 2 is 1.94 bits per heavy atom. The Bertz CT molecular complexity index is 1000. The van der Waals surface area contributed by atoms with Crippen LogP contribution in [-0.2, 0) is 6.54 Å². The Hall–Kier alpha value is -2.62. The van der Waals surface area contributed by atoms with Crippen molar-refractivity contribution >= 4 is 29.9 Å². The second-order valence-electron chi connectivity index (χ2n) is 7.42. The summed E-state index contributed by atoms with van der Waals surface area (Å²) in [6.45, 7) is 9.36. The van der Waals surface area contributed by atoms with E-state index in [-0.39, 0.29) is 30.1 Å². The van der Waals surface area contributed by atoms with Crippen LogP contribution >= 0.6 is 24.0 Å². The molecular weight excluding hydrogens is 503 g/mol. The number of guanidine groups is 1. The monoisotopic (exact) mass is 534 g/mol. The van der Waals surface area contributed by atoms with Crippen LogP contribution in [0.1, 0.15) is 29.4 Å². The van der Waals surface area contributed by atoms with Crippen molar-refractivity contribution < 1.29 is 4.74 Å². The average molecular weight is 534 g/mol. The van der Waals surface area contributed by atoms with Gasteiger partial charge >= 0.3 is 0 Å². The molecule has 0 bridgehead atoms. The molecule has 2 N–H and O–H groups in total. The van der Waals surface area contributed by atoms with Gasteiger partial charge in [-0.1, -0.05) is 18.2 Å². The van der Waals surface area contributed by atoms with Gasteiger partial charge in [0.05, 0.1) is 12.2 Å². The van der Waals surface area contributed by atoms with E-state index in [1.54, 1.807) is 7.05 Å². The van der Waals surface area contributed by atoms with Crippen LogP contribution in [0.5, 0.6) is 5.75 Å². The summed E-state index contributed by atoms with van der Waals surface area (Å²) < 4.78 is 7.81. The van der Waals surface area contributed by atoms with Gasteiger partial charge in [0.15, 0.2) is 11.8 Å². The summed E-state index contributed by atoms with van der Waals surface area (Å²) in [6, 6.07) is 14.1. The van der Waals surface area contributed by atoms with Gasteiger partial charge in [-0.3, -0.25) is 4.99 Å². The number of nitrogens with one attached hydrogen (secondary N) is 2. The first kappa shape index (κ1) is 24.6. The zero-order chi connectivity index (χ0) is 21.5. The normalized spacial score (nSPS) is 12.1. The van der Waals surface area contributed by atoms with Crippen molar-refractivity contribution in [2.45, 2.75) is 40.3 Å². The number of ether oxygens (including phenoxy) is 1. The molecule has 0 saturated carbocycles. The first-order valence-corrected chi connectivity index (χ1v) is 10.1. The minimum Gasteiger partial charge on any atom is -0.489 e. The molecule has 166 valence electrons. The van der Waals surface area contributed by atoms with Gasteiger partial charge < -0.3 is 15.4 Å². The lowest BCUT2D eigenvalue weighted by Gasteiger charge is -2.18. The van der Waals surface area contributed by atoms with Gasteiger partial charge in [-0.25, -0.2) is 9.67 Å². The molecule has 2 aromatic heterocycles. The number of hydrogen-bond donors (Lipinski definition) is 2. The van der Waals surface area contributed by atoms with Crippen molar-refractivity contribution in [1.82, 2.24) is 25.4 Å². The molecule has 0 fully saturated rings. The van der Waals surface area contributed by atoms with E-state index < -0.39 is 0 Å². The second kappa shape index (κ2) is 11.7. The number of aromatic nitrogens is 3. The maximum atomic E-state index is 5.96. The van der Waals surface area contributed by atoms with Crippen molar-refractivity contribution in [1.29, 1.82) is 0 Å². The van der Waals surface area contributed by atoms with Gasteiger partial charge in [0.25, 0.3) is 0 Å². The molecule has 8 heteroatoms. The maximum Gasteiger partial charge on any atom is 0.191 e. The van der Waals surface area contributed by atoms with Gasteiger partial charge in [-0.2, -0.15) is 5.10 Å². The number of halogens is 1. The molecule has 0 aliphatic rings. The van der Waals surface area contributed by atoms with Crippen LogP contribution in [0.3, 0.4) is 0 Å². The summed E-state index contributed by atoms with van der Waals surface area (Å²) in [7, 11) is 1.76. The number of aryl methyl sites for hydroxylation is 3. The third-order valence-electron chi connectivity index (χ3n) is 4.60. The van der Waals surface area contributed by atoms with Crippen molar-refractivity contribution in [3.8, 4) is 11.6 Å². The number of pyridine rings is 1. The predicted molar refractivity (Wildman–Crippen MR) is 136 cm³/mol. The molecule has 0 spiro atoms. The van der Waals surface area contributed by atoms with Crippen LogP contribution in [0.4, 0.5) is 0 Å². The van der Waals surface area contributed by atoms with E-state index >= 15 is 0 Å². The Balaban J connectivity index is 0.00000341. The molecule has 0 saturated heterocycles. The molecule has 0 radical (unpaired) electrons. The largest absolute Gasteiger partial charge is 0.489 e. The fourth-order valence-corrected chi connectivity index (χ4v) is 3.12. The fourth-order valence-electron chi connectivity index (χ4n) is 3.12. The number of nitrogens with zero attached hydrogens (tertiary/aromatic N) is 4. The number of rotatable bonds is 7. The van der Waals surface area contributed by atoms with Crippen molar-refractivity contribution in [3.05, 3.63) is 71.2 Å². The smallest absolute Gasteiger partial charge is 0.191 e. The van der Waals surface area contributed by atoms with Crippen molar-refractivity contribution in [2.24, 2.45) is 4.99 Å². The Labute approximate surface area is 201 Å². The van der Waals surface area contributed by atoms with Crippen LogP contribution in [0.25, 0.3) is 5.82 Å². The molecule has 3 aromatic rings. The molecule has 1 aromatic carbocycles. The van der Waals surface area contributed by atoms with E-state index in [1.807, 2.05) is 68.0 Å². The zero-order valence-electron chi connectivity index (χ0n) is 18.7. The summed E-state index contributed by atoms with van der Waals surface area (Å²) in [5, 5.41) is 11.1. The molecule has 1 unspecified atom stereocenters. The van der Waals surface area contributed by atoms with Crippen molar-refractivity contribution in [3.63, 3.8) is 0 Å². The molecule has 0 amide bonds. The number of hydrogen-bond acceptors (Lipinski definition) is 4. The summed E-state index contributed by atoms with van der Waals surface area (Å²) in [6.07, 6.45) is 1.86. The van der Waals surface area contributed by atoms with Gasteiger partial charge in [-0.15, -0.1) is 24.0 Å². The van der Waals surface area contributed by atoms with E-state index in [1.165, 1.54) is 5.56 Å². The minimum atomic E-state index is 0. The molecule has 7 nitrogen and oxygen atoms in total. The highest BCUT2D eigenvalue weighted by Crippen LogP contribution is 2.14. The SMILES string of the molecule is CN=C(NCc1ccc(-n2nc(C)cc2C)nc1)NCC(C)Oc1cccc(C)c1.I. The number of aliphatic imine (C=N–C) groups is 1. The number of benzene rings is 1. The van der Waals surface area contributed by atoms with E-state index in [0.717, 1.165) is 34.5 Å². The van der Waals surface area contributed by atoms with E-state index in [2.05, 4.69) is 38.7 Å². The highest BCUT2D eigenvalue weighted by atomic mass is 127. The van der Waals surface area contributed by atoms with E-state index in [0.29, 0.717) is 13.1 Å². The third-order valence-corrected chi connectivity index (χ3v) is 4.60. The third kappa shape index (κ3) is 7.23. The van der Waals surface area contributed by atoms with Gasteiger partial charge in [0.1, 0.15) is 11.9 Å². The fraction of sp³-hybridized carbons (Fsp3) is 0.348. The molecule has 31 heavy (non-hydrogen) atoms. The highest BCUT2D eigenvalue weighted by Gasteiger charge is 2.07. The Kier molecular flexibility index (Phi) is 9.29. The molecule has 3 rings (SSSR count). The van der Waals surface area contributed by atoms with Gasteiger partial charge in [0.2, 0.25) is 0 Å². The standard InChI is InChI=1S/C23H30N6O.HI/c1-16-7-6-8-21(11-16)30-19(4)13-26-23(24-5)27-15-20-9-10-22(25-14-20)29-18(3)12-17(2)28-29;/h6-12,14,19H,13,15H2,1-5H3,(H2,24,26,27);1H. The second-order valence-corrected chi connectivity index (χ2v) is 7.42. The molecule has 0 aliphatic carbocycles. The zero-order valence-corrected chi connectivity index (χ0v) is 21.0. The predicted octanol–water partition coefficient (Wildman–Crippen LogP) is 3.94. The first-order valence-electron chi connectivity index (χ1n) is 10.1. The highest BCUT2D eigenvalue weighted by molar-refractivity contribution is 14.0. The summed E-state index contributed by atoms with van der Waals surface area (Å²) in [5.41, 5.74) is 4.29. The summed E-state index contributed by atoms with van der Waals surface area (Å²) in [4.78, 5) is 8.82. The average Bonchev–Trinajstić information content (AvgIpc) is 3.06. The molecule has 1 atom stereocenters. The lowest BCUT2D eigenvalue weighted by molar-refractivity contribution is 0.223. The molecule has 0 aliphatic heterocycles. The Morgan fingerprint density at radius 1 is 1.13 bits per heavy atom. The van der Waals surface area contributed by atoms with Gasteiger partial charge in [-0.05, 0) is 63.1 Å². The van der Waals surface area contributed by atoms with E-state index in [4.69, 9.17) is 4.74 Å². The lowest BCUT2D eigenvalue weighted by Crippen LogP contribution is -2.41. The maximum absolute atomic E-state index is 5.96. The van der Waals surface area contributed by atoms with Gasteiger partial charge in [0, 0.05) is 25.5 Å². The first-order chi connectivity index (χ1) is 14.4. The van der Waals surface area contributed by atoms with Crippen molar-refractivity contribution in [2.75, 3.05) is 13.6 Å². The lowest BCUT2D eigenvalue weighted by atomic mass is 10.2. The molecule has 2 heterocycles. The Morgan fingerprint density at radius 3 is 2.55 bits per heavy atom. The van der Waals surface area contributed by atoms with Crippen LogP contribution < -0.4 is 15.4 Å². The van der Waals surface area contributed by atoms with Crippen LogP contribution in [0, 0.1) is 20.8 Å². The molecular formula is C23H31IN6O. The minimum absolute atomic E-state index is 0. The summed E-state index contributed by atoms with van der Waals surface area (Å²) >= 11 is 0. The topological polar surface area (TPSA) is 76.4 Å².